The number of amides is 1. The lowest BCUT2D eigenvalue weighted by atomic mass is 9.80. The van der Waals surface area contributed by atoms with E-state index in [0.29, 0.717) is 28.8 Å². The minimum Gasteiger partial charge on any atom is -0.497 e. The molecular weight excluding hydrogens is 356 g/mol. The normalized spacial score (nSPS) is 22.6. The summed E-state index contributed by atoms with van der Waals surface area (Å²) in [5.74, 6) is 2.34. The van der Waals surface area contributed by atoms with Crippen LogP contribution in [0.3, 0.4) is 0 Å². The van der Waals surface area contributed by atoms with Crippen molar-refractivity contribution in [2.24, 2.45) is 4.99 Å². The largest absolute Gasteiger partial charge is 0.497 e. The van der Waals surface area contributed by atoms with Gasteiger partial charge in [0.2, 0.25) is 6.79 Å². The summed E-state index contributed by atoms with van der Waals surface area (Å²) in [4.78, 5) is 20.1. The lowest BCUT2D eigenvalue weighted by molar-refractivity contribution is -0.113. The molecule has 3 aliphatic rings. The number of fused-ring (bicyclic) bond motifs is 1. The van der Waals surface area contributed by atoms with Gasteiger partial charge in [-0.2, -0.15) is 0 Å². The number of rotatable bonds is 2. The van der Waals surface area contributed by atoms with Crippen LogP contribution in [0.25, 0.3) is 0 Å². The van der Waals surface area contributed by atoms with E-state index < -0.39 is 0 Å². The zero-order chi connectivity index (χ0) is 19.6. The first-order valence-corrected chi connectivity index (χ1v) is 9.44. The summed E-state index contributed by atoms with van der Waals surface area (Å²) in [5.41, 5.74) is 3.76. The SMILES string of the molecule is COc1cc2c3c(c1)C(C)CC(C)(C)N3C(=O)C2=Nc1ccc2c(c1)OCO2. The van der Waals surface area contributed by atoms with Gasteiger partial charge in [-0.25, -0.2) is 4.99 Å². The standard InChI is InChI=1S/C22H22N2O4/c1-12-10-22(2,3)24-20-15(12)8-14(26-4)9-16(20)19(21(24)25)23-13-5-6-17-18(7-13)28-11-27-17/h5-9,12H,10-11H2,1-4H3. The molecule has 0 N–H and O–H groups in total. The highest BCUT2D eigenvalue weighted by atomic mass is 16.7. The third-order valence-corrected chi connectivity index (χ3v) is 5.77. The first-order valence-electron chi connectivity index (χ1n) is 9.44. The van der Waals surface area contributed by atoms with Gasteiger partial charge in [0.15, 0.2) is 11.5 Å². The van der Waals surface area contributed by atoms with Crippen molar-refractivity contribution in [1.82, 2.24) is 0 Å². The summed E-state index contributed by atoms with van der Waals surface area (Å²) in [5, 5.41) is 0. The Morgan fingerprint density at radius 2 is 1.96 bits per heavy atom. The van der Waals surface area contributed by atoms with Gasteiger partial charge in [-0.05, 0) is 56.0 Å². The number of hydrogen-bond acceptors (Lipinski definition) is 5. The molecule has 0 saturated carbocycles. The predicted molar refractivity (Wildman–Crippen MR) is 106 cm³/mol. The quantitative estimate of drug-likeness (QED) is 0.787. The summed E-state index contributed by atoms with van der Waals surface area (Å²) < 4.78 is 16.3. The summed E-state index contributed by atoms with van der Waals surface area (Å²) in [6.45, 7) is 6.63. The number of ether oxygens (including phenoxy) is 3. The third kappa shape index (κ3) is 2.33. The number of carbonyl (C=O) groups is 1. The number of methoxy groups -OCH3 is 1. The Bertz CT molecular complexity index is 1040. The molecule has 6 heteroatoms. The number of aliphatic imine (C=N–C) groups is 1. The molecule has 144 valence electrons. The Labute approximate surface area is 163 Å². The van der Waals surface area contributed by atoms with E-state index in [1.165, 1.54) is 0 Å². The van der Waals surface area contributed by atoms with Crippen molar-refractivity contribution in [2.75, 3.05) is 18.8 Å². The second-order valence-electron chi connectivity index (χ2n) is 8.17. The first kappa shape index (κ1) is 17.1. The first-order chi connectivity index (χ1) is 13.4. The van der Waals surface area contributed by atoms with Gasteiger partial charge in [0.05, 0.1) is 18.5 Å². The minimum atomic E-state index is -0.279. The molecule has 0 bridgehead atoms. The molecule has 3 heterocycles. The topological polar surface area (TPSA) is 60.4 Å². The molecule has 28 heavy (non-hydrogen) atoms. The average Bonchev–Trinajstić information content (AvgIpc) is 3.22. The molecule has 0 radical (unpaired) electrons. The van der Waals surface area contributed by atoms with Gasteiger partial charge in [-0.1, -0.05) is 6.92 Å². The highest BCUT2D eigenvalue weighted by Gasteiger charge is 2.48. The van der Waals surface area contributed by atoms with Gasteiger partial charge >= 0.3 is 0 Å². The van der Waals surface area contributed by atoms with E-state index >= 15 is 0 Å². The van der Waals surface area contributed by atoms with Crippen LogP contribution in [-0.2, 0) is 4.79 Å². The number of nitrogens with zero attached hydrogens (tertiary/aromatic N) is 2. The smallest absolute Gasteiger partial charge is 0.278 e. The summed E-state index contributed by atoms with van der Waals surface area (Å²) >= 11 is 0. The number of benzene rings is 2. The molecule has 0 saturated heterocycles. The second kappa shape index (κ2) is 5.74. The van der Waals surface area contributed by atoms with E-state index in [0.717, 1.165) is 29.0 Å². The maximum Gasteiger partial charge on any atom is 0.278 e. The Morgan fingerprint density at radius 1 is 1.18 bits per heavy atom. The van der Waals surface area contributed by atoms with Crippen LogP contribution in [0.15, 0.2) is 35.3 Å². The molecule has 0 aromatic heterocycles. The Morgan fingerprint density at radius 3 is 2.75 bits per heavy atom. The van der Waals surface area contributed by atoms with Crippen molar-refractivity contribution in [3.8, 4) is 17.2 Å². The fourth-order valence-corrected chi connectivity index (χ4v) is 4.60. The number of carbonyl (C=O) groups excluding carboxylic acids is 1. The molecule has 1 unspecified atom stereocenters. The van der Waals surface area contributed by atoms with Gasteiger partial charge in [0.25, 0.3) is 5.91 Å². The van der Waals surface area contributed by atoms with Crippen molar-refractivity contribution in [3.63, 3.8) is 0 Å². The van der Waals surface area contributed by atoms with E-state index in [4.69, 9.17) is 19.2 Å². The van der Waals surface area contributed by atoms with Gasteiger partial charge < -0.3 is 19.1 Å². The van der Waals surface area contributed by atoms with Gasteiger partial charge in [-0.3, -0.25) is 4.79 Å². The Balaban J connectivity index is 1.71. The zero-order valence-corrected chi connectivity index (χ0v) is 16.4. The molecular formula is C22H22N2O4. The van der Waals surface area contributed by atoms with Crippen LogP contribution in [0.5, 0.6) is 17.2 Å². The van der Waals surface area contributed by atoms with Gasteiger partial charge in [0, 0.05) is 17.2 Å². The summed E-state index contributed by atoms with van der Waals surface area (Å²) in [6.07, 6.45) is 0.885. The zero-order valence-electron chi connectivity index (χ0n) is 16.4. The maximum absolute atomic E-state index is 13.4. The number of anilines is 1. The lowest BCUT2D eigenvalue weighted by Gasteiger charge is -2.43. The van der Waals surface area contributed by atoms with Crippen LogP contribution < -0.4 is 19.1 Å². The molecule has 5 rings (SSSR count). The molecule has 1 amide bonds. The van der Waals surface area contributed by atoms with Crippen molar-refractivity contribution < 1.29 is 19.0 Å². The van der Waals surface area contributed by atoms with Crippen LogP contribution >= 0.6 is 0 Å². The Kier molecular flexibility index (Phi) is 3.50. The van der Waals surface area contributed by atoms with Crippen LogP contribution in [0.2, 0.25) is 0 Å². The highest BCUT2D eigenvalue weighted by molar-refractivity contribution is 6.55. The van der Waals surface area contributed by atoms with E-state index in [-0.39, 0.29) is 18.2 Å². The monoisotopic (exact) mass is 378 g/mol. The van der Waals surface area contributed by atoms with Crippen LogP contribution in [0.1, 0.15) is 44.2 Å². The number of hydrogen-bond donors (Lipinski definition) is 0. The van der Waals surface area contributed by atoms with E-state index in [1.54, 1.807) is 13.2 Å². The molecule has 6 nitrogen and oxygen atoms in total. The van der Waals surface area contributed by atoms with Crippen LogP contribution in [-0.4, -0.2) is 31.1 Å². The Hall–Kier alpha value is -3.02. The fourth-order valence-electron chi connectivity index (χ4n) is 4.60. The highest BCUT2D eigenvalue weighted by Crippen LogP contribution is 2.50. The molecule has 1 atom stereocenters. The van der Waals surface area contributed by atoms with Crippen molar-refractivity contribution in [3.05, 3.63) is 41.5 Å². The van der Waals surface area contributed by atoms with E-state index in [1.807, 2.05) is 29.2 Å². The van der Waals surface area contributed by atoms with E-state index in [9.17, 15) is 4.79 Å². The molecule has 2 aromatic rings. The van der Waals surface area contributed by atoms with Crippen molar-refractivity contribution >= 4 is 23.0 Å². The fraction of sp³-hybridized carbons (Fsp3) is 0.364. The van der Waals surface area contributed by atoms with Crippen LogP contribution in [0.4, 0.5) is 11.4 Å². The minimum absolute atomic E-state index is 0.0703. The summed E-state index contributed by atoms with van der Waals surface area (Å²) in [6, 6.07) is 9.42. The van der Waals surface area contributed by atoms with Gasteiger partial charge in [-0.15, -0.1) is 0 Å². The van der Waals surface area contributed by atoms with Crippen molar-refractivity contribution in [1.29, 1.82) is 0 Å². The predicted octanol–water partition coefficient (Wildman–Crippen LogP) is 4.18. The molecule has 2 aromatic carbocycles. The second-order valence-corrected chi connectivity index (χ2v) is 8.17. The van der Waals surface area contributed by atoms with E-state index in [2.05, 4.69) is 20.8 Å². The maximum atomic E-state index is 13.4. The van der Waals surface area contributed by atoms with Gasteiger partial charge in [0.1, 0.15) is 11.5 Å². The summed E-state index contributed by atoms with van der Waals surface area (Å²) in [7, 11) is 1.65. The molecule has 0 spiro atoms. The lowest BCUT2D eigenvalue weighted by Crippen LogP contribution is -2.50. The molecule has 0 fully saturated rings. The average molecular weight is 378 g/mol. The molecule has 0 aliphatic carbocycles. The third-order valence-electron chi connectivity index (χ3n) is 5.77. The molecule has 3 aliphatic heterocycles. The van der Waals surface area contributed by atoms with Crippen LogP contribution in [0, 0.1) is 0 Å². The van der Waals surface area contributed by atoms with Crippen molar-refractivity contribution in [2.45, 2.75) is 38.6 Å².